The number of aromatic nitrogens is 2. The van der Waals surface area contributed by atoms with Crippen molar-refractivity contribution in [1.82, 2.24) is 14.9 Å². The monoisotopic (exact) mass is 357 g/mol. The Morgan fingerprint density at radius 2 is 2.12 bits per heavy atom. The molecule has 9 heteroatoms. The van der Waals surface area contributed by atoms with E-state index in [4.69, 9.17) is 4.74 Å². The van der Waals surface area contributed by atoms with Crippen LogP contribution < -0.4 is 10.3 Å². The predicted octanol–water partition coefficient (Wildman–Crippen LogP) is 2.49. The van der Waals surface area contributed by atoms with E-state index in [1.54, 1.807) is 22.0 Å². The van der Waals surface area contributed by atoms with E-state index in [-0.39, 0.29) is 36.5 Å². The lowest BCUT2D eigenvalue weighted by molar-refractivity contribution is -0.145. The first kappa shape index (κ1) is 17.4. The Morgan fingerprint density at radius 3 is 2.80 bits per heavy atom. The highest BCUT2D eigenvalue weighted by atomic mass is 19.4. The van der Waals surface area contributed by atoms with Gasteiger partial charge >= 0.3 is 6.18 Å². The van der Waals surface area contributed by atoms with Crippen LogP contribution >= 0.6 is 0 Å². The van der Waals surface area contributed by atoms with Gasteiger partial charge in [-0.05, 0) is 6.07 Å². The summed E-state index contributed by atoms with van der Waals surface area (Å²) in [5.41, 5.74) is -0.103. The fraction of sp³-hybridized carbons (Fsp3) is 0.375. The number of H-pyrrole nitrogens is 1. The molecule has 1 aliphatic heterocycles. The van der Waals surface area contributed by atoms with E-state index in [1.807, 2.05) is 0 Å². The summed E-state index contributed by atoms with van der Waals surface area (Å²) in [6.07, 6.45) is -4.51. The second kappa shape index (κ2) is 6.47. The van der Waals surface area contributed by atoms with E-state index in [0.29, 0.717) is 12.1 Å². The number of rotatable bonds is 3. The minimum Gasteiger partial charge on any atom is -0.494 e. The second-order valence-corrected chi connectivity index (χ2v) is 5.73. The number of nitrogens with one attached hydrogen (secondary N) is 1. The molecule has 1 aromatic heterocycles. The van der Waals surface area contributed by atoms with Crippen LogP contribution in [0.25, 0.3) is 0 Å². The van der Waals surface area contributed by atoms with Gasteiger partial charge < -0.3 is 9.72 Å². The number of ether oxygens (including phenoxy) is 1. The number of alkyl halides is 3. The van der Waals surface area contributed by atoms with E-state index in [1.165, 1.54) is 13.2 Å². The Balaban J connectivity index is 1.84. The molecule has 0 amide bonds. The summed E-state index contributed by atoms with van der Waals surface area (Å²) in [6, 6.07) is 4.75. The van der Waals surface area contributed by atoms with Crippen molar-refractivity contribution in [2.75, 3.05) is 13.7 Å². The van der Waals surface area contributed by atoms with Gasteiger partial charge in [0.15, 0.2) is 11.6 Å². The number of fused-ring (bicyclic) bond motifs is 1. The van der Waals surface area contributed by atoms with Crippen LogP contribution in [0.1, 0.15) is 22.6 Å². The van der Waals surface area contributed by atoms with Crippen molar-refractivity contribution in [3.63, 3.8) is 0 Å². The van der Waals surface area contributed by atoms with Crippen LogP contribution in [0.4, 0.5) is 17.6 Å². The maximum absolute atomic E-state index is 14.2. The third-order valence-electron chi connectivity index (χ3n) is 4.07. The zero-order valence-corrected chi connectivity index (χ0v) is 13.3. The molecule has 3 rings (SSSR count). The summed E-state index contributed by atoms with van der Waals surface area (Å²) in [4.78, 5) is 19.1. The molecular weight excluding hydrogens is 342 g/mol. The second-order valence-electron chi connectivity index (χ2n) is 5.73. The van der Waals surface area contributed by atoms with Crippen molar-refractivity contribution < 1.29 is 22.3 Å². The van der Waals surface area contributed by atoms with E-state index in [2.05, 4.69) is 4.98 Å². The lowest BCUT2D eigenvalue weighted by Crippen LogP contribution is -2.36. The lowest BCUT2D eigenvalue weighted by atomic mass is 10.1. The van der Waals surface area contributed by atoms with Gasteiger partial charge in [0, 0.05) is 31.6 Å². The molecule has 0 bridgehead atoms. The molecule has 0 radical (unpaired) electrons. The quantitative estimate of drug-likeness (QED) is 0.858. The summed E-state index contributed by atoms with van der Waals surface area (Å²) < 4.78 is 57.3. The number of hydrogen-bond acceptors (Lipinski definition) is 4. The van der Waals surface area contributed by atoms with Crippen LogP contribution in [0.3, 0.4) is 0 Å². The van der Waals surface area contributed by atoms with Gasteiger partial charge in [-0.3, -0.25) is 9.69 Å². The van der Waals surface area contributed by atoms with E-state index < -0.39 is 23.4 Å². The highest BCUT2D eigenvalue weighted by molar-refractivity contribution is 5.31. The highest BCUT2D eigenvalue weighted by Crippen LogP contribution is 2.27. The third kappa shape index (κ3) is 3.51. The van der Waals surface area contributed by atoms with Gasteiger partial charge in [-0.25, -0.2) is 9.37 Å². The molecule has 0 aliphatic carbocycles. The van der Waals surface area contributed by atoms with Crippen LogP contribution in [0.5, 0.6) is 5.75 Å². The first-order valence-corrected chi connectivity index (χ1v) is 7.52. The number of aromatic amines is 1. The van der Waals surface area contributed by atoms with Crippen molar-refractivity contribution in [3.05, 3.63) is 57.0 Å². The number of halogens is 4. The normalized spacial score (nSPS) is 15.1. The molecule has 0 saturated carbocycles. The standard InChI is InChI=1S/C16H15F4N3O2/c1-25-12-4-2-3-9(13(12)17)7-23-6-5-11-10(8-23)14(24)22-15(21-11)16(18,19)20/h2-4H,5-8H2,1H3,(H,21,22,24). The molecule has 1 N–H and O–H groups in total. The summed E-state index contributed by atoms with van der Waals surface area (Å²) >= 11 is 0. The van der Waals surface area contributed by atoms with Crippen molar-refractivity contribution in [3.8, 4) is 5.75 Å². The summed E-state index contributed by atoms with van der Waals surface area (Å²) in [7, 11) is 1.36. The molecule has 0 spiro atoms. The highest BCUT2D eigenvalue weighted by Gasteiger charge is 2.36. The third-order valence-corrected chi connectivity index (χ3v) is 4.07. The molecule has 2 aromatic rings. The van der Waals surface area contributed by atoms with Crippen LogP contribution in [0.2, 0.25) is 0 Å². The molecule has 2 heterocycles. The molecular formula is C16H15F4N3O2. The molecule has 1 aliphatic rings. The van der Waals surface area contributed by atoms with E-state index in [0.717, 1.165) is 0 Å². The van der Waals surface area contributed by atoms with Gasteiger partial charge in [-0.15, -0.1) is 0 Å². The smallest absolute Gasteiger partial charge is 0.449 e. The van der Waals surface area contributed by atoms with Gasteiger partial charge in [0.25, 0.3) is 5.56 Å². The Labute approximate surface area is 140 Å². The predicted molar refractivity (Wildman–Crippen MR) is 80.6 cm³/mol. The average Bonchev–Trinajstić information content (AvgIpc) is 2.56. The van der Waals surface area contributed by atoms with Crippen LogP contribution in [0.15, 0.2) is 23.0 Å². The Kier molecular flexibility index (Phi) is 4.51. The lowest BCUT2D eigenvalue weighted by Gasteiger charge is -2.28. The molecule has 0 unspecified atom stereocenters. The number of benzene rings is 1. The first-order valence-electron chi connectivity index (χ1n) is 7.52. The molecule has 5 nitrogen and oxygen atoms in total. The maximum atomic E-state index is 14.2. The maximum Gasteiger partial charge on any atom is 0.449 e. The van der Waals surface area contributed by atoms with Gasteiger partial charge in [0.2, 0.25) is 5.82 Å². The van der Waals surface area contributed by atoms with Crippen LogP contribution in [-0.2, 0) is 25.7 Å². The van der Waals surface area contributed by atoms with Gasteiger partial charge in [0.05, 0.1) is 18.4 Å². The van der Waals surface area contributed by atoms with Gasteiger partial charge in [-0.2, -0.15) is 13.2 Å². The molecule has 1 aromatic carbocycles. The fourth-order valence-electron chi connectivity index (χ4n) is 2.83. The summed E-state index contributed by atoms with van der Waals surface area (Å²) in [6.45, 7) is 0.687. The van der Waals surface area contributed by atoms with E-state index in [9.17, 15) is 22.4 Å². The van der Waals surface area contributed by atoms with Crippen molar-refractivity contribution in [2.24, 2.45) is 0 Å². The van der Waals surface area contributed by atoms with Gasteiger partial charge in [0.1, 0.15) is 0 Å². The average molecular weight is 357 g/mol. The molecule has 134 valence electrons. The van der Waals surface area contributed by atoms with Crippen LogP contribution in [-0.4, -0.2) is 28.5 Å². The van der Waals surface area contributed by atoms with E-state index >= 15 is 0 Å². The van der Waals surface area contributed by atoms with Crippen LogP contribution in [0, 0.1) is 5.82 Å². The topological polar surface area (TPSA) is 58.2 Å². The van der Waals surface area contributed by atoms with Crippen molar-refractivity contribution in [1.29, 1.82) is 0 Å². The zero-order chi connectivity index (χ0) is 18.2. The molecule has 0 fully saturated rings. The zero-order valence-electron chi connectivity index (χ0n) is 13.3. The fourth-order valence-corrected chi connectivity index (χ4v) is 2.83. The molecule has 0 saturated heterocycles. The Hall–Kier alpha value is -2.42. The first-order chi connectivity index (χ1) is 11.8. The van der Waals surface area contributed by atoms with Crippen molar-refractivity contribution in [2.45, 2.75) is 25.7 Å². The van der Waals surface area contributed by atoms with Crippen molar-refractivity contribution >= 4 is 0 Å². The summed E-state index contributed by atoms with van der Waals surface area (Å²) in [5.74, 6) is -1.66. The van der Waals surface area contributed by atoms with Gasteiger partial charge in [-0.1, -0.05) is 12.1 Å². The molecule has 0 atom stereocenters. The SMILES string of the molecule is COc1cccc(CN2CCc3nc(C(F)(F)F)[nH]c(=O)c3C2)c1F. The minimum atomic E-state index is -4.70. The minimum absolute atomic E-state index is 0.104. The largest absolute Gasteiger partial charge is 0.494 e. The summed E-state index contributed by atoms with van der Waals surface area (Å²) in [5, 5.41) is 0. The number of methoxy groups -OCH3 is 1. The molecule has 25 heavy (non-hydrogen) atoms. The number of nitrogens with zero attached hydrogens (tertiary/aromatic N) is 2. The number of hydrogen-bond donors (Lipinski definition) is 1. The Bertz CT molecular complexity index is 848. The Morgan fingerprint density at radius 1 is 1.36 bits per heavy atom.